The Bertz CT molecular complexity index is 235. The Morgan fingerprint density at radius 2 is 2.36 bits per heavy atom. The maximum atomic E-state index is 11.4. The summed E-state index contributed by atoms with van der Waals surface area (Å²) < 4.78 is 20.7. The van der Waals surface area contributed by atoms with Gasteiger partial charge in [-0.15, -0.1) is 0 Å². The second-order valence-corrected chi connectivity index (χ2v) is 4.43. The van der Waals surface area contributed by atoms with Gasteiger partial charge in [-0.1, -0.05) is 0 Å². The van der Waals surface area contributed by atoms with E-state index in [-0.39, 0.29) is 5.91 Å². The molecule has 0 spiro atoms. The summed E-state index contributed by atoms with van der Waals surface area (Å²) in [7, 11) is 0. The highest BCUT2D eigenvalue weighted by molar-refractivity contribution is 7.79. The molecule has 1 rings (SSSR count). The number of nitrogens with zero attached hydrogens (tertiary/aromatic N) is 1. The number of nitrogens with two attached hydrogens (primary N) is 1. The zero-order valence-electron chi connectivity index (χ0n) is 7.98. The summed E-state index contributed by atoms with van der Waals surface area (Å²) in [4.78, 5) is 13.0. The summed E-state index contributed by atoms with van der Waals surface area (Å²) in [5.74, 6) is -0.388. The van der Waals surface area contributed by atoms with Crippen LogP contribution in [0.2, 0.25) is 0 Å². The van der Waals surface area contributed by atoms with Gasteiger partial charge in [-0.2, -0.15) is 0 Å². The van der Waals surface area contributed by atoms with E-state index in [0.717, 1.165) is 12.8 Å². The third-order valence-corrected chi connectivity index (χ3v) is 2.93. The van der Waals surface area contributed by atoms with Crippen LogP contribution in [-0.4, -0.2) is 45.0 Å². The molecule has 0 aromatic carbocycles. The van der Waals surface area contributed by atoms with E-state index in [4.69, 9.17) is 5.73 Å². The maximum Gasteiger partial charge on any atom is 0.234 e. The number of hydrogen-bond acceptors (Lipinski definition) is 4. The zero-order chi connectivity index (χ0) is 10.6. The van der Waals surface area contributed by atoms with Crippen molar-refractivity contribution in [2.24, 2.45) is 11.7 Å². The fourth-order valence-electron chi connectivity index (χ4n) is 1.68. The van der Waals surface area contributed by atoms with Crippen molar-refractivity contribution in [1.29, 1.82) is 0 Å². The molecule has 0 aromatic heterocycles. The smallest absolute Gasteiger partial charge is 0.234 e. The molecule has 82 valence electrons. The minimum absolute atomic E-state index is 0.309. The first-order chi connectivity index (χ1) is 6.63. The molecule has 0 saturated carbocycles. The van der Waals surface area contributed by atoms with E-state index in [1.54, 1.807) is 4.90 Å². The lowest BCUT2D eigenvalue weighted by Gasteiger charge is -2.32. The Balaban J connectivity index is 2.43. The van der Waals surface area contributed by atoms with Gasteiger partial charge in [-0.05, 0) is 36.4 Å². The first-order valence-corrected chi connectivity index (χ1v) is 5.91. The molecule has 0 bridgehead atoms. The second kappa shape index (κ2) is 5.43. The van der Waals surface area contributed by atoms with Crippen molar-refractivity contribution in [2.45, 2.75) is 12.8 Å². The molecule has 0 aliphatic carbocycles. The summed E-state index contributed by atoms with van der Waals surface area (Å²) in [6, 6.07) is 0. The minimum Gasteiger partial charge on any atom is -0.772 e. The molecule has 0 aromatic rings. The highest BCUT2D eigenvalue weighted by Crippen LogP contribution is 2.15. The molecule has 6 heteroatoms. The quantitative estimate of drug-likeness (QED) is 0.621. The number of carbonyl (C=O) groups excluding carboxylic acids is 1. The Hall–Kier alpha value is -0.460. The molecular weight excluding hydrogens is 204 g/mol. The van der Waals surface area contributed by atoms with Crippen molar-refractivity contribution >= 4 is 17.0 Å². The van der Waals surface area contributed by atoms with Crippen LogP contribution in [-0.2, 0) is 15.9 Å². The van der Waals surface area contributed by atoms with Crippen LogP contribution in [0.25, 0.3) is 0 Å². The summed E-state index contributed by atoms with van der Waals surface area (Å²) in [6.07, 6.45) is 1.94. The fraction of sp³-hybridized carbons (Fsp3) is 0.875. The third-order valence-electron chi connectivity index (χ3n) is 2.45. The van der Waals surface area contributed by atoms with E-state index >= 15 is 0 Å². The molecule has 2 atom stereocenters. The lowest BCUT2D eigenvalue weighted by molar-refractivity contribution is -0.130. The van der Waals surface area contributed by atoms with Crippen LogP contribution in [0.4, 0.5) is 0 Å². The average Bonchev–Trinajstić information content (AvgIpc) is 2.17. The van der Waals surface area contributed by atoms with Crippen LogP contribution < -0.4 is 5.73 Å². The summed E-state index contributed by atoms with van der Waals surface area (Å²) in [5.41, 5.74) is 5.51. The predicted molar refractivity (Wildman–Crippen MR) is 52.1 cm³/mol. The maximum absolute atomic E-state index is 11.4. The first-order valence-electron chi connectivity index (χ1n) is 4.67. The molecule has 0 radical (unpaired) electrons. The van der Waals surface area contributed by atoms with E-state index < -0.39 is 16.8 Å². The van der Waals surface area contributed by atoms with Gasteiger partial charge < -0.3 is 15.2 Å². The molecule has 14 heavy (non-hydrogen) atoms. The number of carbonyl (C=O) groups is 1. The Morgan fingerprint density at radius 1 is 1.64 bits per heavy atom. The van der Waals surface area contributed by atoms with E-state index in [0.29, 0.717) is 25.6 Å². The van der Waals surface area contributed by atoms with Gasteiger partial charge in [0.15, 0.2) is 0 Å². The van der Waals surface area contributed by atoms with E-state index in [9.17, 15) is 13.6 Å². The van der Waals surface area contributed by atoms with Crippen molar-refractivity contribution in [3.05, 3.63) is 0 Å². The largest absolute Gasteiger partial charge is 0.772 e. The van der Waals surface area contributed by atoms with Gasteiger partial charge in [0, 0.05) is 13.1 Å². The normalized spacial score (nSPS) is 24.7. The first kappa shape index (κ1) is 11.6. The van der Waals surface area contributed by atoms with Crippen LogP contribution in [0.1, 0.15) is 12.8 Å². The molecule has 1 aliphatic rings. The Labute approximate surface area is 85.9 Å². The van der Waals surface area contributed by atoms with Crippen LogP contribution in [0.15, 0.2) is 0 Å². The number of amides is 1. The van der Waals surface area contributed by atoms with Gasteiger partial charge in [0.1, 0.15) is 0 Å². The van der Waals surface area contributed by atoms with Gasteiger partial charge in [-0.25, -0.2) is 0 Å². The van der Waals surface area contributed by atoms with Gasteiger partial charge in [0.25, 0.3) is 0 Å². The molecular formula is C8H15N2O3S-. The van der Waals surface area contributed by atoms with Gasteiger partial charge >= 0.3 is 0 Å². The Morgan fingerprint density at radius 3 is 2.93 bits per heavy atom. The molecule has 5 nitrogen and oxygen atoms in total. The number of piperidine rings is 1. The highest BCUT2D eigenvalue weighted by atomic mass is 32.2. The number of likely N-dealkylation sites (tertiary alicyclic amines) is 1. The van der Waals surface area contributed by atoms with Crippen molar-refractivity contribution in [3.63, 3.8) is 0 Å². The van der Waals surface area contributed by atoms with Crippen LogP contribution in [0.3, 0.4) is 0 Å². The Kier molecular flexibility index (Phi) is 4.50. The molecule has 1 amide bonds. The standard InChI is InChI=1S/C8H16N2O3S/c9-4-7-2-1-3-10(5-7)8(11)6-14(12)13/h7H,1-6,9H2,(H,12,13)/p-1. The highest BCUT2D eigenvalue weighted by Gasteiger charge is 2.22. The van der Waals surface area contributed by atoms with Crippen molar-refractivity contribution in [3.8, 4) is 0 Å². The fourth-order valence-corrected chi connectivity index (χ4v) is 2.06. The zero-order valence-corrected chi connectivity index (χ0v) is 8.79. The molecule has 1 saturated heterocycles. The number of hydrogen-bond donors (Lipinski definition) is 1. The van der Waals surface area contributed by atoms with E-state index in [2.05, 4.69) is 0 Å². The van der Waals surface area contributed by atoms with E-state index in [1.165, 1.54) is 0 Å². The monoisotopic (exact) mass is 219 g/mol. The van der Waals surface area contributed by atoms with Crippen LogP contribution in [0, 0.1) is 5.92 Å². The minimum atomic E-state index is -2.28. The van der Waals surface area contributed by atoms with Crippen molar-refractivity contribution in [1.82, 2.24) is 4.90 Å². The summed E-state index contributed by atoms with van der Waals surface area (Å²) in [6.45, 7) is 1.82. The SMILES string of the molecule is NCC1CCCN(C(=O)CS(=O)[O-])C1. The average molecular weight is 219 g/mol. The van der Waals surface area contributed by atoms with Crippen molar-refractivity contribution < 1.29 is 13.6 Å². The molecule has 1 fully saturated rings. The molecule has 2 unspecified atom stereocenters. The third kappa shape index (κ3) is 3.36. The summed E-state index contributed by atoms with van der Waals surface area (Å²) in [5, 5.41) is 0. The van der Waals surface area contributed by atoms with E-state index in [1.807, 2.05) is 0 Å². The summed E-state index contributed by atoms with van der Waals surface area (Å²) >= 11 is -2.28. The van der Waals surface area contributed by atoms with Gasteiger partial charge in [0.2, 0.25) is 5.91 Å². The number of rotatable bonds is 3. The topological polar surface area (TPSA) is 86.5 Å². The lowest BCUT2D eigenvalue weighted by atomic mass is 9.98. The van der Waals surface area contributed by atoms with Crippen LogP contribution >= 0.6 is 0 Å². The van der Waals surface area contributed by atoms with Crippen LogP contribution in [0.5, 0.6) is 0 Å². The molecule has 1 heterocycles. The molecule has 2 N–H and O–H groups in total. The van der Waals surface area contributed by atoms with Gasteiger partial charge in [0.05, 0.1) is 5.75 Å². The molecule has 1 aliphatic heterocycles. The lowest BCUT2D eigenvalue weighted by Crippen LogP contribution is -2.43. The van der Waals surface area contributed by atoms with Gasteiger partial charge in [-0.3, -0.25) is 9.00 Å². The van der Waals surface area contributed by atoms with Crippen molar-refractivity contribution in [2.75, 3.05) is 25.4 Å². The predicted octanol–water partition coefficient (Wildman–Crippen LogP) is -0.937. The second-order valence-electron chi connectivity index (χ2n) is 3.53.